The van der Waals surface area contributed by atoms with Gasteiger partial charge in [-0.1, -0.05) is 24.3 Å². The lowest BCUT2D eigenvalue weighted by Gasteiger charge is -2.24. The standard InChI is InChI=1S/C25H31N5O8/c26-13-22(34)28-19(11-14-1-5-16(31)6-2-14)24(36)29-18(9-10-21(27)33)23(35)30-20(25(37)38)12-15-3-7-17(32)8-4-15/h1-8,18-20,31-32H,9-13,26H2,(H2,27,33)(H,28,34)(H,29,36)(H,30,35)(H,37,38). The molecule has 0 radical (unpaired) electrons. The number of carbonyl (C=O) groups excluding carboxylic acids is 4. The molecule has 3 atom stereocenters. The van der Waals surface area contributed by atoms with E-state index in [1.165, 1.54) is 36.4 Å². The van der Waals surface area contributed by atoms with Crippen LogP contribution in [-0.2, 0) is 36.8 Å². The molecule has 0 spiro atoms. The van der Waals surface area contributed by atoms with Gasteiger partial charge in [-0.2, -0.15) is 0 Å². The van der Waals surface area contributed by atoms with Crippen molar-refractivity contribution >= 4 is 29.6 Å². The zero-order valence-electron chi connectivity index (χ0n) is 20.4. The predicted octanol–water partition coefficient (Wildman–Crippen LogP) is -1.35. The lowest BCUT2D eigenvalue weighted by molar-refractivity contribution is -0.142. The number of aliphatic carboxylic acids is 1. The van der Waals surface area contributed by atoms with E-state index in [4.69, 9.17) is 11.5 Å². The van der Waals surface area contributed by atoms with Gasteiger partial charge in [0.05, 0.1) is 6.54 Å². The largest absolute Gasteiger partial charge is 0.508 e. The van der Waals surface area contributed by atoms with Crippen LogP contribution in [0.3, 0.4) is 0 Å². The van der Waals surface area contributed by atoms with Crippen LogP contribution < -0.4 is 27.4 Å². The Kier molecular flexibility index (Phi) is 11.0. The molecule has 0 bridgehead atoms. The van der Waals surface area contributed by atoms with Gasteiger partial charge in [0.25, 0.3) is 0 Å². The summed E-state index contributed by atoms with van der Waals surface area (Å²) in [5.41, 5.74) is 11.7. The molecule has 0 aromatic heterocycles. The van der Waals surface area contributed by atoms with Crippen LogP contribution in [0, 0.1) is 0 Å². The molecular weight excluding hydrogens is 498 g/mol. The van der Waals surface area contributed by atoms with Crippen LogP contribution in [0.25, 0.3) is 0 Å². The van der Waals surface area contributed by atoms with Gasteiger partial charge in [0.2, 0.25) is 23.6 Å². The summed E-state index contributed by atoms with van der Waals surface area (Å²) in [6.45, 7) is -0.400. The Balaban J connectivity index is 2.20. The molecule has 13 heteroatoms. The van der Waals surface area contributed by atoms with Crippen LogP contribution in [0.5, 0.6) is 11.5 Å². The maximum Gasteiger partial charge on any atom is 0.326 e. The van der Waals surface area contributed by atoms with Crippen LogP contribution in [0.2, 0.25) is 0 Å². The fourth-order valence-corrected chi connectivity index (χ4v) is 3.50. The van der Waals surface area contributed by atoms with Crippen molar-refractivity contribution in [1.29, 1.82) is 0 Å². The van der Waals surface area contributed by atoms with E-state index >= 15 is 0 Å². The summed E-state index contributed by atoms with van der Waals surface area (Å²) in [5.74, 6) is -4.39. The summed E-state index contributed by atoms with van der Waals surface area (Å²) < 4.78 is 0. The highest BCUT2D eigenvalue weighted by molar-refractivity contribution is 5.94. The number of carboxylic acids is 1. The van der Waals surface area contributed by atoms with Gasteiger partial charge in [-0.15, -0.1) is 0 Å². The number of carbonyl (C=O) groups is 5. The number of nitrogens with two attached hydrogens (primary N) is 2. The maximum absolute atomic E-state index is 13.1. The fraction of sp³-hybridized carbons (Fsp3) is 0.320. The molecule has 13 nitrogen and oxygen atoms in total. The van der Waals surface area contributed by atoms with Gasteiger partial charge >= 0.3 is 5.97 Å². The number of nitrogens with one attached hydrogen (secondary N) is 3. The van der Waals surface area contributed by atoms with Crippen molar-refractivity contribution in [2.24, 2.45) is 11.5 Å². The molecule has 4 amide bonds. The first kappa shape index (κ1) is 29.6. The monoisotopic (exact) mass is 529 g/mol. The topological polar surface area (TPSA) is 234 Å². The molecule has 38 heavy (non-hydrogen) atoms. The van der Waals surface area contributed by atoms with E-state index in [0.717, 1.165) is 0 Å². The number of hydrogen-bond donors (Lipinski definition) is 8. The van der Waals surface area contributed by atoms with Crippen molar-refractivity contribution in [2.75, 3.05) is 6.54 Å². The molecule has 0 saturated carbocycles. The van der Waals surface area contributed by atoms with E-state index in [-0.39, 0.29) is 37.2 Å². The number of carboxylic acid groups (broad SMARTS) is 1. The second kappa shape index (κ2) is 14.2. The molecule has 0 aliphatic rings. The molecule has 0 fully saturated rings. The minimum absolute atomic E-state index is 0.00391. The highest BCUT2D eigenvalue weighted by Gasteiger charge is 2.30. The number of primary amides is 1. The van der Waals surface area contributed by atoms with Crippen molar-refractivity contribution in [3.63, 3.8) is 0 Å². The molecule has 0 aliphatic heterocycles. The van der Waals surface area contributed by atoms with Crippen molar-refractivity contribution < 1.29 is 39.3 Å². The number of benzene rings is 2. The third kappa shape index (κ3) is 9.78. The summed E-state index contributed by atoms with van der Waals surface area (Å²) in [5, 5.41) is 35.8. The lowest BCUT2D eigenvalue weighted by atomic mass is 10.0. The smallest absolute Gasteiger partial charge is 0.326 e. The van der Waals surface area contributed by atoms with Gasteiger partial charge in [-0.3, -0.25) is 19.2 Å². The number of phenols is 2. The summed E-state index contributed by atoms with van der Waals surface area (Å²) >= 11 is 0. The molecule has 0 saturated heterocycles. The SMILES string of the molecule is NCC(=O)NC(Cc1ccc(O)cc1)C(=O)NC(CCC(N)=O)C(=O)NC(Cc1ccc(O)cc1)C(=O)O. The Bertz CT molecular complexity index is 1140. The van der Waals surface area contributed by atoms with Crippen molar-refractivity contribution in [2.45, 2.75) is 43.8 Å². The van der Waals surface area contributed by atoms with Gasteiger partial charge in [0, 0.05) is 19.3 Å². The van der Waals surface area contributed by atoms with Crippen molar-refractivity contribution in [1.82, 2.24) is 16.0 Å². The van der Waals surface area contributed by atoms with Crippen LogP contribution in [0.1, 0.15) is 24.0 Å². The van der Waals surface area contributed by atoms with Gasteiger partial charge in [0.15, 0.2) is 0 Å². The predicted molar refractivity (Wildman–Crippen MR) is 135 cm³/mol. The van der Waals surface area contributed by atoms with E-state index in [1.807, 2.05) is 0 Å². The van der Waals surface area contributed by atoms with Crippen LogP contribution in [0.15, 0.2) is 48.5 Å². The van der Waals surface area contributed by atoms with Crippen LogP contribution in [-0.4, -0.2) is 69.6 Å². The molecule has 204 valence electrons. The summed E-state index contributed by atoms with van der Waals surface area (Å²) in [6.07, 6.45) is -0.643. The number of hydrogen-bond acceptors (Lipinski definition) is 8. The molecule has 0 heterocycles. The average molecular weight is 530 g/mol. The molecule has 2 rings (SSSR count). The van der Waals surface area contributed by atoms with Crippen LogP contribution >= 0.6 is 0 Å². The molecule has 3 unspecified atom stereocenters. The van der Waals surface area contributed by atoms with Gasteiger partial charge < -0.3 is 42.7 Å². The zero-order valence-corrected chi connectivity index (χ0v) is 20.4. The molecule has 0 aliphatic carbocycles. The Morgan fingerprint density at radius 1 is 0.711 bits per heavy atom. The average Bonchev–Trinajstić information content (AvgIpc) is 2.87. The van der Waals surface area contributed by atoms with E-state index in [9.17, 15) is 39.3 Å². The number of rotatable bonds is 14. The maximum atomic E-state index is 13.1. The van der Waals surface area contributed by atoms with Crippen LogP contribution in [0.4, 0.5) is 0 Å². The quantitative estimate of drug-likeness (QED) is 0.144. The molecule has 10 N–H and O–H groups in total. The van der Waals surface area contributed by atoms with Crippen molar-refractivity contribution in [3.8, 4) is 11.5 Å². The third-order valence-electron chi connectivity index (χ3n) is 5.52. The van der Waals surface area contributed by atoms with Gasteiger partial charge in [-0.05, 0) is 41.8 Å². The first-order valence-electron chi connectivity index (χ1n) is 11.7. The minimum Gasteiger partial charge on any atom is -0.508 e. The number of amides is 4. The summed E-state index contributed by atoms with van der Waals surface area (Å²) in [6, 6.07) is 7.72. The van der Waals surface area contributed by atoms with Gasteiger partial charge in [-0.25, -0.2) is 4.79 Å². The molecular formula is C25H31N5O8. The van der Waals surface area contributed by atoms with Gasteiger partial charge in [0.1, 0.15) is 29.6 Å². The fourth-order valence-electron chi connectivity index (χ4n) is 3.50. The zero-order chi connectivity index (χ0) is 28.2. The van der Waals surface area contributed by atoms with Crippen molar-refractivity contribution in [3.05, 3.63) is 59.7 Å². The van der Waals surface area contributed by atoms with E-state index in [0.29, 0.717) is 11.1 Å². The Morgan fingerprint density at radius 3 is 1.61 bits per heavy atom. The number of aromatic hydroxyl groups is 2. The minimum atomic E-state index is -1.38. The molecule has 2 aromatic rings. The molecule has 2 aromatic carbocycles. The first-order chi connectivity index (χ1) is 18.0. The Morgan fingerprint density at radius 2 is 1.16 bits per heavy atom. The van der Waals surface area contributed by atoms with E-state index < -0.39 is 54.3 Å². The lowest BCUT2D eigenvalue weighted by Crippen LogP contribution is -2.57. The normalized spacial score (nSPS) is 13.0. The number of phenolic OH excluding ortho intramolecular Hbond substituents is 2. The highest BCUT2D eigenvalue weighted by Crippen LogP contribution is 2.13. The van der Waals surface area contributed by atoms with E-state index in [2.05, 4.69) is 16.0 Å². The first-order valence-corrected chi connectivity index (χ1v) is 11.7. The second-order valence-electron chi connectivity index (χ2n) is 8.53. The van der Waals surface area contributed by atoms with E-state index in [1.54, 1.807) is 12.1 Å². The third-order valence-corrected chi connectivity index (χ3v) is 5.52. The highest BCUT2D eigenvalue weighted by atomic mass is 16.4. The summed E-state index contributed by atoms with van der Waals surface area (Å²) in [4.78, 5) is 61.3. The Labute approximate surface area is 218 Å². The Hall–Kier alpha value is -4.65. The second-order valence-corrected chi connectivity index (χ2v) is 8.53. The summed E-state index contributed by atoms with van der Waals surface area (Å²) in [7, 11) is 0.